The molecule has 1 aromatic carbocycles. The fraction of sp³-hybridized carbons (Fsp3) is 0.429. The highest BCUT2D eigenvalue weighted by atomic mass is 35.5. The molecule has 0 N–H and O–H groups in total. The van der Waals surface area contributed by atoms with Crippen LogP contribution in [0.15, 0.2) is 23.4 Å². The third kappa shape index (κ3) is 3.87. The second-order valence-corrected chi connectivity index (χ2v) is 5.51. The number of rotatable bonds is 2. The zero-order chi connectivity index (χ0) is 14.5. The average Bonchev–Trinajstić information content (AvgIpc) is 2.42. The number of carbonyl (C=O) groups is 1. The van der Waals surface area contributed by atoms with Crippen molar-refractivity contribution >= 4 is 35.0 Å². The van der Waals surface area contributed by atoms with Crippen molar-refractivity contribution in [1.82, 2.24) is 4.90 Å². The maximum Gasteiger partial charge on any atom is 0.332 e. The monoisotopic (exact) mass is 314 g/mol. The van der Waals surface area contributed by atoms with Gasteiger partial charge in [0.25, 0.3) is 0 Å². The Labute approximate surface area is 128 Å². The summed E-state index contributed by atoms with van der Waals surface area (Å²) in [7, 11) is 0. The van der Waals surface area contributed by atoms with Crippen LogP contribution in [0.4, 0.5) is 0 Å². The molecule has 1 aliphatic rings. The molecular weight excluding hydrogens is 299 g/mol. The summed E-state index contributed by atoms with van der Waals surface area (Å²) in [4.78, 5) is 17.9. The predicted octanol–water partition coefficient (Wildman–Crippen LogP) is 3.70. The van der Waals surface area contributed by atoms with Crippen LogP contribution in [-0.4, -0.2) is 29.8 Å². The van der Waals surface area contributed by atoms with E-state index in [9.17, 15) is 4.79 Å². The van der Waals surface area contributed by atoms with E-state index in [1.807, 2.05) is 0 Å². The molecule has 1 saturated heterocycles. The first kappa shape index (κ1) is 15.1. The van der Waals surface area contributed by atoms with Crippen molar-refractivity contribution in [1.29, 1.82) is 0 Å². The summed E-state index contributed by atoms with van der Waals surface area (Å²) < 4.78 is 0. The zero-order valence-electron chi connectivity index (χ0n) is 11.2. The molecule has 0 aromatic heterocycles. The highest BCUT2D eigenvalue weighted by molar-refractivity contribution is 6.36. The van der Waals surface area contributed by atoms with Gasteiger partial charge < -0.3 is 9.74 Å². The van der Waals surface area contributed by atoms with Crippen LogP contribution < -0.4 is 0 Å². The lowest BCUT2D eigenvalue weighted by molar-refractivity contribution is -0.141. The van der Waals surface area contributed by atoms with Crippen molar-refractivity contribution < 1.29 is 9.63 Å². The number of oxime groups is 1. The first-order valence-electron chi connectivity index (χ1n) is 6.54. The van der Waals surface area contributed by atoms with E-state index in [4.69, 9.17) is 28.0 Å². The normalized spacial score (nSPS) is 16.1. The minimum absolute atomic E-state index is 0.454. The van der Waals surface area contributed by atoms with Crippen LogP contribution >= 0.6 is 23.2 Å². The Morgan fingerprint density at radius 3 is 2.55 bits per heavy atom. The topological polar surface area (TPSA) is 41.9 Å². The van der Waals surface area contributed by atoms with Gasteiger partial charge in [-0.05, 0) is 37.5 Å². The molecule has 0 atom stereocenters. The Morgan fingerprint density at radius 1 is 1.25 bits per heavy atom. The lowest BCUT2D eigenvalue weighted by Gasteiger charge is -2.29. The average molecular weight is 315 g/mol. The lowest BCUT2D eigenvalue weighted by Crippen LogP contribution is -2.36. The molecule has 1 fully saturated rings. The summed E-state index contributed by atoms with van der Waals surface area (Å²) >= 11 is 12.1. The van der Waals surface area contributed by atoms with Crippen molar-refractivity contribution in [2.24, 2.45) is 5.16 Å². The summed E-state index contributed by atoms with van der Waals surface area (Å²) in [6.45, 7) is 3.07. The van der Waals surface area contributed by atoms with Gasteiger partial charge in [-0.3, -0.25) is 0 Å². The van der Waals surface area contributed by atoms with E-state index >= 15 is 0 Å². The Hall–Kier alpha value is -1.26. The van der Waals surface area contributed by atoms with Gasteiger partial charge in [-0.15, -0.1) is 0 Å². The maximum atomic E-state index is 11.0. The van der Waals surface area contributed by atoms with Crippen LogP contribution in [0.2, 0.25) is 10.0 Å². The number of likely N-dealkylation sites (tertiary alicyclic amines) is 1. The van der Waals surface area contributed by atoms with Crippen LogP contribution in [0, 0.1) is 0 Å². The van der Waals surface area contributed by atoms with Crippen LogP contribution in [-0.2, 0) is 9.63 Å². The summed E-state index contributed by atoms with van der Waals surface area (Å²) in [6, 6.07) is 5.20. The highest BCUT2D eigenvalue weighted by Gasteiger charge is 2.20. The van der Waals surface area contributed by atoms with E-state index in [1.54, 1.807) is 18.2 Å². The quantitative estimate of drug-likeness (QED) is 0.362. The third-order valence-electron chi connectivity index (χ3n) is 3.09. The molecular formula is C14H16Cl2N2O2. The number of benzene rings is 1. The molecule has 1 heterocycles. The highest BCUT2D eigenvalue weighted by Crippen LogP contribution is 2.24. The molecule has 1 aromatic rings. The van der Waals surface area contributed by atoms with Crippen LogP contribution in [0.5, 0.6) is 0 Å². The van der Waals surface area contributed by atoms with Gasteiger partial charge in [-0.1, -0.05) is 28.4 Å². The number of hydrogen-bond acceptors (Lipinski definition) is 3. The van der Waals surface area contributed by atoms with E-state index in [2.05, 4.69) is 10.1 Å². The van der Waals surface area contributed by atoms with Gasteiger partial charge >= 0.3 is 5.97 Å². The number of halogens is 2. The van der Waals surface area contributed by atoms with Crippen LogP contribution in [0.3, 0.4) is 0 Å². The van der Waals surface area contributed by atoms with Crippen molar-refractivity contribution in [2.45, 2.75) is 26.2 Å². The van der Waals surface area contributed by atoms with E-state index in [0.29, 0.717) is 15.9 Å². The van der Waals surface area contributed by atoms with Crippen molar-refractivity contribution in [3.05, 3.63) is 33.8 Å². The lowest BCUT2D eigenvalue weighted by atomic mass is 10.1. The smallest absolute Gasteiger partial charge is 0.332 e. The summed E-state index contributed by atoms with van der Waals surface area (Å²) in [6.07, 6.45) is 3.38. The Balaban J connectivity index is 2.34. The van der Waals surface area contributed by atoms with E-state index < -0.39 is 5.97 Å². The van der Waals surface area contributed by atoms with Gasteiger partial charge in [-0.25, -0.2) is 4.79 Å². The van der Waals surface area contributed by atoms with Gasteiger partial charge in [0.1, 0.15) is 0 Å². The van der Waals surface area contributed by atoms with Crippen molar-refractivity contribution in [3.8, 4) is 0 Å². The Kier molecular flexibility index (Phi) is 5.26. The largest absolute Gasteiger partial charge is 0.353 e. The minimum Gasteiger partial charge on any atom is -0.353 e. The Bertz CT molecular complexity index is 526. The molecule has 2 rings (SSSR count). The molecule has 20 heavy (non-hydrogen) atoms. The van der Waals surface area contributed by atoms with E-state index in [1.165, 1.54) is 13.3 Å². The zero-order valence-corrected chi connectivity index (χ0v) is 12.7. The molecule has 6 heteroatoms. The third-order valence-corrected chi connectivity index (χ3v) is 3.64. The molecule has 0 radical (unpaired) electrons. The molecule has 0 spiro atoms. The van der Waals surface area contributed by atoms with Gasteiger partial charge in [0, 0.05) is 30.6 Å². The predicted molar refractivity (Wildman–Crippen MR) is 80.2 cm³/mol. The van der Waals surface area contributed by atoms with Crippen molar-refractivity contribution in [3.63, 3.8) is 0 Å². The summed E-state index contributed by atoms with van der Waals surface area (Å²) in [5.74, 6) is 0.131. The molecule has 0 amide bonds. The molecule has 108 valence electrons. The molecule has 0 bridgehead atoms. The Morgan fingerprint density at radius 2 is 1.95 bits per heavy atom. The molecule has 0 unspecified atom stereocenters. The van der Waals surface area contributed by atoms with Gasteiger partial charge in [0.15, 0.2) is 5.84 Å². The number of nitrogens with zero attached hydrogens (tertiary/aromatic N) is 2. The minimum atomic E-state index is -0.454. The maximum absolute atomic E-state index is 11.0. The molecule has 0 aliphatic carbocycles. The summed E-state index contributed by atoms with van der Waals surface area (Å²) in [5.41, 5.74) is 0.721. The fourth-order valence-corrected chi connectivity index (χ4v) is 2.65. The van der Waals surface area contributed by atoms with E-state index in [-0.39, 0.29) is 0 Å². The second-order valence-electron chi connectivity index (χ2n) is 4.67. The number of carbonyl (C=O) groups excluding carboxylic acids is 1. The second kappa shape index (κ2) is 6.95. The molecule has 1 aliphatic heterocycles. The number of hydrogen-bond donors (Lipinski definition) is 0. The first-order chi connectivity index (χ1) is 9.58. The summed E-state index contributed by atoms with van der Waals surface area (Å²) in [5, 5.41) is 5.03. The van der Waals surface area contributed by atoms with Gasteiger partial charge in [0.2, 0.25) is 0 Å². The van der Waals surface area contributed by atoms with Gasteiger partial charge in [-0.2, -0.15) is 0 Å². The number of piperidine rings is 1. The van der Waals surface area contributed by atoms with E-state index in [0.717, 1.165) is 31.5 Å². The fourth-order valence-electron chi connectivity index (χ4n) is 2.16. The van der Waals surface area contributed by atoms with Crippen LogP contribution in [0.25, 0.3) is 0 Å². The number of amidine groups is 1. The van der Waals surface area contributed by atoms with Crippen molar-refractivity contribution in [2.75, 3.05) is 13.1 Å². The first-order valence-corrected chi connectivity index (χ1v) is 7.29. The molecule has 0 saturated carbocycles. The standard InChI is InChI=1S/C14H16Cl2N2O2/c1-10(19)20-17-14(18-7-3-2-4-8-18)12-6-5-11(15)9-13(12)16/h5-6,9H,2-4,7-8H2,1H3. The molecule has 4 nitrogen and oxygen atoms in total. The van der Waals surface area contributed by atoms with Gasteiger partial charge in [0.05, 0.1) is 5.02 Å². The SMILES string of the molecule is CC(=O)ON=C(c1ccc(Cl)cc1Cl)N1CCCCC1. The van der Waals surface area contributed by atoms with Crippen LogP contribution in [0.1, 0.15) is 31.7 Å².